The Morgan fingerprint density at radius 1 is 1.28 bits per heavy atom. The number of halogens is 1. The van der Waals surface area contributed by atoms with E-state index in [0.717, 1.165) is 44.0 Å². The molecule has 5 nitrogen and oxygen atoms in total. The first kappa shape index (κ1) is 20.2. The maximum absolute atomic E-state index is 12.7. The van der Waals surface area contributed by atoms with Gasteiger partial charge in [0.15, 0.2) is 0 Å². The van der Waals surface area contributed by atoms with E-state index in [9.17, 15) is 13.2 Å². The van der Waals surface area contributed by atoms with Crippen LogP contribution in [0, 0.1) is 0 Å². The molecule has 0 bridgehead atoms. The first-order valence-corrected chi connectivity index (χ1v) is 11.0. The van der Waals surface area contributed by atoms with E-state index in [1.54, 1.807) is 12.1 Å². The summed E-state index contributed by atoms with van der Waals surface area (Å²) in [5.74, 6) is -0.0897. The lowest BCUT2D eigenvalue weighted by Gasteiger charge is -2.36. The predicted octanol–water partition coefficient (Wildman–Crippen LogP) is 2.94. The first-order chi connectivity index (χ1) is 11.8. The molecule has 1 aromatic rings. The van der Waals surface area contributed by atoms with Crippen LogP contribution in [-0.4, -0.2) is 55.5 Å². The molecule has 1 aliphatic rings. The number of hydrogen-bond acceptors (Lipinski definition) is 3. The van der Waals surface area contributed by atoms with Gasteiger partial charge in [-0.1, -0.05) is 30.7 Å². The summed E-state index contributed by atoms with van der Waals surface area (Å²) in [6.07, 6.45) is 5.76. The second-order valence-corrected chi connectivity index (χ2v) is 9.04. The molecule has 1 fully saturated rings. The van der Waals surface area contributed by atoms with E-state index >= 15 is 0 Å². The Morgan fingerprint density at radius 2 is 1.96 bits per heavy atom. The van der Waals surface area contributed by atoms with Crippen molar-refractivity contribution >= 4 is 27.5 Å². The highest BCUT2D eigenvalue weighted by molar-refractivity contribution is 7.88. The average Bonchev–Trinajstić information content (AvgIpc) is 2.58. The summed E-state index contributed by atoms with van der Waals surface area (Å²) in [6.45, 7) is 3.01. The van der Waals surface area contributed by atoms with Gasteiger partial charge in [0.05, 0.1) is 12.8 Å². The van der Waals surface area contributed by atoms with Crippen LogP contribution < -0.4 is 0 Å². The second-order valence-electron chi connectivity index (χ2n) is 6.62. The maximum Gasteiger partial charge on any atom is 0.238 e. The minimum absolute atomic E-state index is 0.0804. The van der Waals surface area contributed by atoms with Crippen LogP contribution in [0.25, 0.3) is 0 Å². The van der Waals surface area contributed by atoms with Crippen molar-refractivity contribution in [1.29, 1.82) is 0 Å². The van der Waals surface area contributed by atoms with Gasteiger partial charge < -0.3 is 4.90 Å². The molecule has 7 heteroatoms. The summed E-state index contributed by atoms with van der Waals surface area (Å²) in [5.41, 5.74) is 0.995. The van der Waals surface area contributed by atoms with Crippen molar-refractivity contribution in [3.8, 4) is 0 Å². The van der Waals surface area contributed by atoms with Crippen LogP contribution in [-0.2, 0) is 21.2 Å². The zero-order valence-electron chi connectivity index (χ0n) is 14.9. The third-order valence-corrected chi connectivity index (χ3v) is 6.26. The van der Waals surface area contributed by atoms with Crippen LogP contribution in [0.4, 0.5) is 0 Å². The molecule has 1 aliphatic heterocycles. The molecule has 1 saturated heterocycles. The SMILES string of the molecule is CCC1CCCCN1C(=O)CN(CCc1ccc(Cl)cc1)S(C)(=O)=O. The van der Waals surface area contributed by atoms with Crippen molar-refractivity contribution in [2.45, 2.75) is 45.1 Å². The standard InChI is InChI=1S/C18H27ClN2O3S/c1-3-17-6-4-5-12-21(17)18(22)14-20(25(2,23)24)13-11-15-7-9-16(19)10-8-15/h7-10,17H,3-6,11-14H2,1-2H3. The number of benzene rings is 1. The van der Waals surface area contributed by atoms with Gasteiger partial charge in [-0.05, 0) is 49.8 Å². The van der Waals surface area contributed by atoms with Gasteiger partial charge in [-0.25, -0.2) is 8.42 Å². The molecule has 0 saturated carbocycles. The fourth-order valence-corrected chi connectivity index (χ4v) is 4.16. The summed E-state index contributed by atoms with van der Waals surface area (Å²) in [4.78, 5) is 14.5. The van der Waals surface area contributed by atoms with Crippen molar-refractivity contribution < 1.29 is 13.2 Å². The highest BCUT2D eigenvalue weighted by atomic mass is 35.5. The van der Waals surface area contributed by atoms with Crippen molar-refractivity contribution in [3.05, 3.63) is 34.9 Å². The molecule has 1 aromatic carbocycles. The molecular weight excluding hydrogens is 360 g/mol. The number of piperidine rings is 1. The number of hydrogen-bond donors (Lipinski definition) is 0. The number of sulfonamides is 1. The van der Waals surface area contributed by atoms with E-state index in [1.165, 1.54) is 4.31 Å². The quantitative estimate of drug-likeness (QED) is 0.723. The predicted molar refractivity (Wildman–Crippen MR) is 101 cm³/mol. The van der Waals surface area contributed by atoms with Gasteiger partial charge >= 0.3 is 0 Å². The Hall–Kier alpha value is -1.11. The van der Waals surface area contributed by atoms with Crippen molar-refractivity contribution in [1.82, 2.24) is 9.21 Å². The zero-order valence-corrected chi connectivity index (χ0v) is 16.5. The van der Waals surface area contributed by atoms with Gasteiger partial charge in [0.25, 0.3) is 0 Å². The Morgan fingerprint density at radius 3 is 2.56 bits per heavy atom. The molecule has 0 aliphatic carbocycles. The fourth-order valence-electron chi connectivity index (χ4n) is 3.26. The molecule has 140 valence electrons. The number of carbonyl (C=O) groups is 1. The van der Waals surface area contributed by atoms with Crippen LogP contribution in [0.1, 0.15) is 38.2 Å². The summed E-state index contributed by atoms with van der Waals surface area (Å²) < 4.78 is 25.5. The number of likely N-dealkylation sites (tertiary alicyclic amines) is 1. The highest BCUT2D eigenvalue weighted by Crippen LogP contribution is 2.20. The van der Waals surface area contributed by atoms with E-state index in [4.69, 9.17) is 11.6 Å². The van der Waals surface area contributed by atoms with Gasteiger partial charge in [-0.15, -0.1) is 0 Å². The highest BCUT2D eigenvalue weighted by Gasteiger charge is 2.28. The summed E-state index contributed by atoms with van der Waals surface area (Å²) in [7, 11) is -3.44. The second kappa shape index (κ2) is 9.01. The van der Waals surface area contributed by atoms with E-state index in [1.807, 2.05) is 17.0 Å². The lowest BCUT2D eigenvalue weighted by atomic mass is 10.00. The van der Waals surface area contributed by atoms with Crippen molar-refractivity contribution in [2.75, 3.05) is 25.9 Å². The van der Waals surface area contributed by atoms with Crippen LogP contribution in [0.15, 0.2) is 24.3 Å². The number of amides is 1. The monoisotopic (exact) mass is 386 g/mol. The van der Waals surface area contributed by atoms with Crippen molar-refractivity contribution in [3.63, 3.8) is 0 Å². The van der Waals surface area contributed by atoms with Crippen LogP contribution >= 0.6 is 11.6 Å². The topological polar surface area (TPSA) is 57.7 Å². The van der Waals surface area contributed by atoms with E-state index < -0.39 is 10.0 Å². The minimum Gasteiger partial charge on any atom is -0.339 e. The van der Waals surface area contributed by atoms with Gasteiger partial charge in [0.1, 0.15) is 0 Å². The summed E-state index contributed by atoms with van der Waals surface area (Å²) in [6, 6.07) is 7.56. The molecule has 1 unspecified atom stereocenters. The lowest BCUT2D eigenvalue weighted by Crippen LogP contribution is -2.49. The molecule has 25 heavy (non-hydrogen) atoms. The minimum atomic E-state index is -3.44. The molecule has 1 atom stereocenters. The van der Waals surface area contributed by atoms with Crippen LogP contribution in [0.5, 0.6) is 0 Å². The van der Waals surface area contributed by atoms with Gasteiger partial charge in [0, 0.05) is 24.2 Å². The summed E-state index contributed by atoms with van der Waals surface area (Å²) in [5, 5.41) is 0.648. The molecule has 2 rings (SSSR count). The molecule has 1 amide bonds. The van der Waals surface area contributed by atoms with Crippen LogP contribution in [0.3, 0.4) is 0 Å². The van der Waals surface area contributed by atoms with Gasteiger partial charge in [0.2, 0.25) is 15.9 Å². The number of nitrogens with zero attached hydrogens (tertiary/aromatic N) is 2. The number of carbonyl (C=O) groups excluding carboxylic acids is 1. The average molecular weight is 387 g/mol. The molecule has 0 aromatic heterocycles. The van der Waals surface area contributed by atoms with Crippen LogP contribution in [0.2, 0.25) is 5.02 Å². The normalized spacial score (nSPS) is 18.6. The third-order valence-electron chi connectivity index (χ3n) is 4.76. The Labute approximate surface area is 156 Å². The third kappa shape index (κ3) is 5.97. The smallest absolute Gasteiger partial charge is 0.238 e. The van der Waals surface area contributed by atoms with E-state index in [0.29, 0.717) is 11.4 Å². The Kier molecular flexibility index (Phi) is 7.28. The maximum atomic E-state index is 12.7. The molecule has 0 radical (unpaired) electrons. The van der Waals surface area contributed by atoms with Crippen molar-refractivity contribution in [2.24, 2.45) is 0 Å². The number of rotatable bonds is 7. The Balaban J connectivity index is 2.02. The van der Waals surface area contributed by atoms with Gasteiger partial charge in [-0.3, -0.25) is 4.79 Å². The van der Waals surface area contributed by atoms with E-state index in [-0.39, 0.29) is 25.0 Å². The molecule has 0 spiro atoms. The largest absolute Gasteiger partial charge is 0.339 e. The first-order valence-electron chi connectivity index (χ1n) is 8.80. The lowest BCUT2D eigenvalue weighted by molar-refractivity contribution is -0.135. The molecular formula is C18H27ClN2O3S. The molecule has 1 heterocycles. The summed E-state index contributed by atoms with van der Waals surface area (Å²) >= 11 is 5.87. The fraction of sp³-hybridized carbons (Fsp3) is 0.611. The zero-order chi connectivity index (χ0) is 18.4. The molecule has 0 N–H and O–H groups in total. The Bertz CT molecular complexity index is 676. The van der Waals surface area contributed by atoms with E-state index in [2.05, 4.69) is 6.92 Å². The van der Waals surface area contributed by atoms with Gasteiger partial charge in [-0.2, -0.15) is 4.31 Å².